The Balaban J connectivity index is 1.44. The van der Waals surface area contributed by atoms with Gasteiger partial charge < -0.3 is 9.47 Å². The molecule has 0 heterocycles. The van der Waals surface area contributed by atoms with Gasteiger partial charge in [0.1, 0.15) is 0 Å². The summed E-state index contributed by atoms with van der Waals surface area (Å²) in [5, 5.41) is 0. The quantitative estimate of drug-likeness (QED) is 0.188. The van der Waals surface area contributed by atoms with Crippen LogP contribution in [0.5, 0.6) is 11.5 Å². The molecule has 0 bridgehead atoms. The van der Waals surface area contributed by atoms with Gasteiger partial charge in [0.15, 0.2) is 23.1 Å². The first-order chi connectivity index (χ1) is 17.4. The van der Waals surface area contributed by atoms with Crippen LogP contribution in [0.1, 0.15) is 61.4 Å². The molecule has 1 aliphatic carbocycles. The molecule has 0 radical (unpaired) electrons. The Morgan fingerprint density at radius 1 is 0.889 bits per heavy atom. The van der Waals surface area contributed by atoms with Crippen LogP contribution >= 0.6 is 0 Å². The van der Waals surface area contributed by atoms with E-state index in [1.54, 1.807) is 31.2 Å². The van der Waals surface area contributed by atoms with E-state index >= 15 is 0 Å². The number of rotatable bonds is 7. The van der Waals surface area contributed by atoms with Crippen molar-refractivity contribution in [1.29, 1.82) is 0 Å². The summed E-state index contributed by atoms with van der Waals surface area (Å²) in [7, 11) is 0. The van der Waals surface area contributed by atoms with Crippen LogP contribution in [0, 0.1) is 23.4 Å². The van der Waals surface area contributed by atoms with Gasteiger partial charge in [-0.1, -0.05) is 36.4 Å². The normalized spacial score (nSPS) is 17.8. The maximum atomic E-state index is 14.9. The minimum absolute atomic E-state index is 0.0502. The van der Waals surface area contributed by atoms with Gasteiger partial charge in [-0.3, -0.25) is 0 Å². The highest BCUT2D eigenvalue weighted by Crippen LogP contribution is 2.39. The second-order valence-electron chi connectivity index (χ2n) is 8.96. The van der Waals surface area contributed by atoms with Gasteiger partial charge in [0.05, 0.1) is 12.2 Å². The lowest BCUT2D eigenvalue weighted by molar-refractivity contribution is 0.0726. The first-order valence-corrected chi connectivity index (χ1v) is 12.3. The first-order valence-electron chi connectivity index (χ1n) is 12.3. The van der Waals surface area contributed by atoms with Gasteiger partial charge >= 0.3 is 5.97 Å². The number of ether oxygens (including phenoxy) is 2. The van der Waals surface area contributed by atoms with Crippen molar-refractivity contribution in [1.82, 2.24) is 0 Å². The molecule has 0 atom stereocenters. The number of hydrogen-bond acceptors (Lipinski definition) is 3. The fourth-order valence-electron chi connectivity index (χ4n) is 4.75. The van der Waals surface area contributed by atoms with Crippen LogP contribution in [0.25, 0.3) is 11.1 Å². The molecule has 0 unspecified atom stereocenters. The summed E-state index contributed by atoms with van der Waals surface area (Å²) in [5.41, 5.74) is 1.79. The van der Waals surface area contributed by atoms with E-state index in [0.717, 1.165) is 25.7 Å². The molecule has 3 aromatic rings. The molecule has 3 aromatic carbocycles. The number of benzene rings is 3. The largest absolute Gasteiger partial charge is 0.491 e. The Hall–Kier alpha value is -3.54. The molecule has 0 aliphatic heterocycles. The van der Waals surface area contributed by atoms with Crippen molar-refractivity contribution in [3.8, 4) is 22.6 Å². The van der Waals surface area contributed by atoms with Crippen LogP contribution < -0.4 is 9.47 Å². The molecular weight excluding hydrogens is 465 g/mol. The Bertz CT molecular complexity index is 1240. The first kappa shape index (κ1) is 25.5. The van der Waals surface area contributed by atoms with E-state index in [-0.39, 0.29) is 17.2 Å². The van der Waals surface area contributed by atoms with Gasteiger partial charge in [0.25, 0.3) is 0 Å². The fourth-order valence-corrected chi connectivity index (χ4v) is 4.75. The van der Waals surface area contributed by atoms with Crippen LogP contribution in [-0.2, 0) is 0 Å². The summed E-state index contributed by atoms with van der Waals surface area (Å²) in [5.74, 6) is -3.24. The van der Waals surface area contributed by atoms with Crippen LogP contribution in [0.4, 0.5) is 13.2 Å². The molecule has 0 N–H and O–H groups in total. The molecule has 188 valence electrons. The molecule has 3 nitrogen and oxygen atoms in total. The SMILES string of the molecule is C/C=C/C1CCC(c2ccc(OC(=O)c3ccc(-c4ccc(OCC)c(F)c4)cc3)c(F)c2F)CC1. The molecule has 1 aliphatic rings. The van der Waals surface area contributed by atoms with E-state index in [1.165, 1.54) is 30.3 Å². The molecular formula is C30H29F3O3. The highest BCUT2D eigenvalue weighted by atomic mass is 19.2. The maximum absolute atomic E-state index is 14.9. The molecule has 4 rings (SSSR count). The van der Waals surface area contributed by atoms with Gasteiger partial charge in [-0.05, 0) is 98.4 Å². The summed E-state index contributed by atoms with van der Waals surface area (Å²) in [6.07, 6.45) is 7.64. The third-order valence-corrected chi connectivity index (χ3v) is 6.64. The van der Waals surface area contributed by atoms with Crippen molar-refractivity contribution in [2.75, 3.05) is 6.61 Å². The Kier molecular flexibility index (Phi) is 8.14. The topological polar surface area (TPSA) is 35.5 Å². The van der Waals surface area contributed by atoms with Crippen molar-refractivity contribution < 1.29 is 27.4 Å². The second kappa shape index (κ2) is 11.5. The van der Waals surface area contributed by atoms with Crippen molar-refractivity contribution in [3.63, 3.8) is 0 Å². The van der Waals surface area contributed by atoms with Crippen LogP contribution in [-0.4, -0.2) is 12.6 Å². The molecule has 0 spiro atoms. The Morgan fingerprint density at radius 3 is 2.19 bits per heavy atom. The van der Waals surface area contributed by atoms with E-state index in [9.17, 15) is 18.0 Å². The summed E-state index contributed by atoms with van der Waals surface area (Å²) in [6.45, 7) is 4.12. The van der Waals surface area contributed by atoms with Gasteiger partial charge in [-0.25, -0.2) is 13.6 Å². The molecule has 1 saturated carbocycles. The Labute approximate surface area is 209 Å². The smallest absolute Gasteiger partial charge is 0.343 e. The predicted molar refractivity (Wildman–Crippen MR) is 134 cm³/mol. The number of carbonyl (C=O) groups is 1. The predicted octanol–water partition coefficient (Wildman–Crippen LogP) is 8.24. The monoisotopic (exact) mass is 494 g/mol. The minimum Gasteiger partial charge on any atom is -0.491 e. The van der Waals surface area contributed by atoms with Gasteiger partial charge in [0, 0.05) is 0 Å². The molecule has 1 fully saturated rings. The van der Waals surface area contributed by atoms with Crippen molar-refractivity contribution in [2.45, 2.75) is 45.4 Å². The van der Waals surface area contributed by atoms with E-state index in [1.807, 2.05) is 13.0 Å². The summed E-state index contributed by atoms with van der Waals surface area (Å²) < 4.78 is 54.2. The third kappa shape index (κ3) is 5.64. The Morgan fingerprint density at radius 2 is 1.56 bits per heavy atom. The van der Waals surface area contributed by atoms with E-state index in [4.69, 9.17) is 9.47 Å². The van der Waals surface area contributed by atoms with Gasteiger partial charge in [-0.15, -0.1) is 0 Å². The average molecular weight is 495 g/mol. The third-order valence-electron chi connectivity index (χ3n) is 6.64. The average Bonchev–Trinajstić information content (AvgIpc) is 2.89. The summed E-state index contributed by atoms with van der Waals surface area (Å²) >= 11 is 0. The van der Waals surface area contributed by atoms with Gasteiger partial charge in [0.2, 0.25) is 5.82 Å². The molecule has 0 amide bonds. The minimum atomic E-state index is -1.15. The number of hydrogen-bond donors (Lipinski definition) is 0. The van der Waals surface area contributed by atoms with Crippen LogP contribution in [0.3, 0.4) is 0 Å². The molecule has 6 heteroatoms. The van der Waals surface area contributed by atoms with Crippen LogP contribution in [0.15, 0.2) is 66.7 Å². The lowest BCUT2D eigenvalue weighted by Crippen LogP contribution is -2.15. The lowest BCUT2D eigenvalue weighted by atomic mass is 9.78. The zero-order valence-corrected chi connectivity index (χ0v) is 20.4. The summed E-state index contributed by atoms with van der Waals surface area (Å²) in [6, 6.07) is 13.7. The number of allylic oxidation sites excluding steroid dienone is 2. The van der Waals surface area contributed by atoms with Gasteiger partial charge in [-0.2, -0.15) is 4.39 Å². The van der Waals surface area contributed by atoms with Crippen molar-refractivity contribution in [3.05, 3.63) is 95.3 Å². The highest BCUT2D eigenvalue weighted by molar-refractivity contribution is 5.91. The molecule has 0 saturated heterocycles. The number of halogens is 3. The van der Waals surface area contributed by atoms with Crippen LogP contribution in [0.2, 0.25) is 0 Å². The van der Waals surface area contributed by atoms with Crippen molar-refractivity contribution in [2.24, 2.45) is 5.92 Å². The standard InChI is InChI=1S/C30H29F3O3/c1-3-5-19-6-8-21(9-7-19)24-15-17-27(29(33)28(24)32)36-30(34)22-12-10-20(11-13-22)23-14-16-26(35-4-2)25(31)18-23/h3,5,10-19,21H,4,6-9H2,1-2H3/b5-3+. The maximum Gasteiger partial charge on any atom is 0.343 e. The number of esters is 1. The molecule has 36 heavy (non-hydrogen) atoms. The van der Waals surface area contributed by atoms with E-state index in [2.05, 4.69) is 6.08 Å². The fraction of sp³-hybridized carbons (Fsp3) is 0.300. The molecule has 0 aromatic heterocycles. The summed E-state index contributed by atoms with van der Waals surface area (Å²) in [4.78, 5) is 12.6. The lowest BCUT2D eigenvalue weighted by Gasteiger charge is -2.27. The zero-order valence-electron chi connectivity index (χ0n) is 20.4. The zero-order chi connectivity index (χ0) is 25.7. The highest BCUT2D eigenvalue weighted by Gasteiger charge is 2.26. The number of carbonyl (C=O) groups excluding carboxylic acids is 1. The second-order valence-corrected chi connectivity index (χ2v) is 8.96. The van der Waals surface area contributed by atoms with E-state index in [0.29, 0.717) is 29.2 Å². The van der Waals surface area contributed by atoms with Crippen molar-refractivity contribution >= 4 is 5.97 Å². The van der Waals surface area contributed by atoms with E-state index < -0.39 is 29.2 Å².